The van der Waals surface area contributed by atoms with Crippen LogP contribution < -0.4 is 10.1 Å². The summed E-state index contributed by atoms with van der Waals surface area (Å²) in [4.78, 5) is 0. The molecule has 0 bridgehead atoms. The third-order valence-electron chi connectivity index (χ3n) is 2.83. The van der Waals surface area contributed by atoms with Gasteiger partial charge >= 0.3 is 0 Å². The van der Waals surface area contributed by atoms with Crippen LogP contribution in [0.15, 0.2) is 16.6 Å². The van der Waals surface area contributed by atoms with Gasteiger partial charge in [-0.3, -0.25) is 0 Å². The number of halogens is 1. The fourth-order valence-corrected chi connectivity index (χ4v) is 2.49. The normalized spacial score (nSPS) is 20.5. The number of hydrogen-bond acceptors (Lipinski definition) is 3. The largest absolute Gasteiger partial charge is 0.506 e. The van der Waals surface area contributed by atoms with Gasteiger partial charge in [0, 0.05) is 12.5 Å². The topological polar surface area (TPSA) is 41.5 Å². The number of phenols is 1. The molecular formula is C11H14BrNO2. The number of hydrogen-bond donors (Lipinski definition) is 2. The van der Waals surface area contributed by atoms with Crippen LogP contribution in [0.3, 0.4) is 0 Å². The van der Waals surface area contributed by atoms with E-state index in [0.29, 0.717) is 21.9 Å². The fourth-order valence-electron chi connectivity index (χ4n) is 1.97. The van der Waals surface area contributed by atoms with Crippen molar-refractivity contribution in [3.05, 3.63) is 22.2 Å². The number of phenolic OH excluding ortho intramolecular Hbond substituents is 1. The minimum atomic E-state index is 0.308. The molecule has 15 heavy (non-hydrogen) atoms. The fraction of sp³-hybridized carbons (Fsp3) is 0.455. The van der Waals surface area contributed by atoms with Crippen molar-refractivity contribution in [2.45, 2.75) is 12.3 Å². The third-order valence-corrected chi connectivity index (χ3v) is 3.60. The number of nitrogens with one attached hydrogen (secondary N) is 1. The van der Waals surface area contributed by atoms with Gasteiger partial charge < -0.3 is 15.2 Å². The summed E-state index contributed by atoms with van der Waals surface area (Å²) < 4.78 is 5.77. The summed E-state index contributed by atoms with van der Waals surface area (Å²) in [6.45, 7) is 1.96. The summed E-state index contributed by atoms with van der Waals surface area (Å²) in [7, 11) is 1.59. The molecule has 1 heterocycles. The Morgan fingerprint density at radius 2 is 2.33 bits per heavy atom. The minimum Gasteiger partial charge on any atom is -0.506 e. The summed E-state index contributed by atoms with van der Waals surface area (Å²) in [6.07, 6.45) is 1.08. The Bertz CT molecular complexity index is 362. The zero-order chi connectivity index (χ0) is 10.8. The summed E-state index contributed by atoms with van der Waals surface area (Å²) >= 11 is 3.34. The molecule has 0 saturated carbocycles. The molecule has 0 aromatic heterocycles. The van der Waals surface area contributed by atoms with Crippen molar-refractivity contribution in [3.63, 3.8) is 0 Å². The van der Waals surface area contributed by atoms with E-state index in [1.54, 1.807) is 7.11 Å². The Morgan fingerprint density at radius 3 is 2.93 bits per heavy atom. The van der Waals surface area contributed by atoms with Crippen molar-refractivity contribution in [2.24, 2.45) is 0 Å². The van der Waals surface area contributed by atoms with Crippen LogP contribution in [0.5, 0.6) is 11.5 Å². The van der Waals surface area contributed by atoms with E-state index in [1.165, 1.54) is 0 Å². The van der Waals surface area contributed by atoms with E-state index in [1.807, 2.05) is 12.1 Å². The average Bonchev–Trinajstić information content (AvgIpc) is 2.75. The van der Waals surface area contributed by atoms with E-state index in [0.717, 1.165) is 25.1 Å². The number of ether oxygens (including phenoxy) is 1. The van der Waals surface area contributed by atoms with Crippen LogP contribution in [0.4, 0.5) is 0 Å². The number of methoxy groups -OCH3 is 1. The summed E-state index contributed by atoms with van der Waals surface area (Å²) in [5, 5.41) is 13.3. The van der Waals surface area contributed by atoms with E-state index in [4.69, 9.17) is 4.74 Å². The second-order valence-corrected chi connectivity index (χ2v) is 4.50. The standard InChI is InChI=1S/C11H14BrNO2/c1-15-9-3-2-8(11(14)10(9)12)7-4-5-13-6-7/h2-3,7,13-14H,4-6H2,1H3. The molecule has 4 heteroatoms. The highest BCUT2D eigenvalue weighted by Crippen LogP contribution is 2.40. The molecule has 1 aromatic rings. The first-order valence-electron chi connectivity index (χ1n) is 5.00. The van der Waals surface area contributed by atoms with Gasteiger partial charge in [0.15, 0.2) is 0 Å². The molecule has 1 atom stereocenters. The van der Waals surface area contributed by atoms with Crippen LogP contribution in [0.2, 0.25) is 0 Å². The van der Waals surface area contributed by atoms with Crippen molar-refractivity contribution in [2.75, 3.05) is 20.2 Å². The smallest absolute Gasteiger partial charge is 0.137 e. The van der Waals surface area contributed by atoms with E-state index in [-0.39, 0.29) is 0 Å². The molecule has 0 spiro atoms. The van der Waals surface area contributed by atoms with Crippen molar-refractivity contribution in [1.82, 2.24) is 5.32 Å². The lowest BCUT2D eigenvalue weighted by Gasteiger charge is -2.14. The molecule has 1 aliphatic heterocycles. The molecule has 1 aliphatic rings. The van der Waals surface area contributed by atoms with Gasteiger partial charge in [-0.15, -0.1) is 0 Å². The van der Waals surface area contributed by atoms with E-state index < -0.39 is 0 Å². The van der Waals surface area contributed by atoms with Crippen molar-refractivity contribution in [3.8, 4) is 11.5 Å². The lowest BCUT2D eigenvalue weighted by atomic mass is 9.97. The lowest BCUT2D eigenvalue weighted by molar-refractivity contribution is 0.401. The molecule has 0 radical (unpaired) electrons. The highest BCUT2D eigenvalue weighted by atomic mass is 79.9. The van der Waals surface area contributed by atoms with E-state index in [9.17, 15) is 5.11 Å². The van der Waals surface area contributed by atoms with Gasteiger partial charge in [0.1, 0.15) is 16.0 Å². The molecule has 3 nitrogen and oxygen atoms in total. The van der Waals surface area contributed by atoms with Crippen molar-refractivity contribution >= 4 is 15.9 Å². The molecule has 1 aromatic carbocycles. The number of benzene rings is 1. The zero-order valence-electron chi connectivity index (χ0n) is 8.59. The summed E-state index contributed by atoms with van der Waals surface area (Å²) in [5.74, 6) is 1.39. The maximum absolute atomic E-state index is 10.0. The van der Waals surface area contributed by atoms with Gasteiger partial charge in [-0.1, -0.05) is 6.07 Å². The van der Waals surface area contributed by atoms with Gasteiger partial charge in [-0.2, -0.15) is 0 Å². The second kappa shape index (κ2) is 4.41. The van der Waals surface area contributed by atoms with E-state index >= 15 is 0 Å². The van der Waals surface area contributed by atoms with Crippen LogP contribution in [0.25, 0.3) is 0 Å². The first kappa shape index (κ1) is 10.8. The molecule has 1 unspecified atom stereocenters. The first-order valence-corrected chi connectivity index (χ1v) is 5.79. The summed E-state index contributed by atoms with van der Waals surface area (Å²) in [6, 6.07) is 3.83. The lowest BCUT2D eigenvalue weighted by Crippen LogP contribution is -2.08. The number of rotatable bonds is 2. The summed E-state index contributed by atoms with van der Waals surface area (Å²) in [5.41, 5.74) is 0.993. The first-order chi connectivity index (χ1) is 7.24. The second-order valence-electron chi connectivity index (χ2n) is 3.71. The molecule has 82 valence electrons. The Labute approximate surface area is 97.6 Å². The van der Waals surface area contributed by atoms with E-state index in [2.05, 4.69) is 21.2 Å². The Balaban J connectivity index is 2.36. The average molecular weight is 272 g/mol. The van der Waals surface area contributed by atoms with Crippen LogP contribution in [0, 0.1) is 0 Å². The number of aromatic hydroxyl groups is 1. The Kier molecular flexibility index (Phi) is 3.17. The van der Waals surface area contributed by atoms with Crippen molar-refractivity contribution in [1.29, 1.82) is 0 Å². The predicted molar refractivity (Wildman–Crippen MR) is 62.6 cm³/mol. The van der Waals surface area contributed by atoms with Gasteiger partial charge in [-0.25, -0.2) is 0 Å². The van der Waals surface area contributed by atoms with Crippen LogP contribution in [0.1, 0.15) is 17.9 Å². The van der Waals surface area contributed by atoms with Crippen LogP contribution in [-0.2, 0) is 0 Å². The molecule has 0 aliphatic carbocycles. The third kappa shape index (κ3) is 1.96. The molecular weight excluding hydrogens is 258 g/mol. The van der Waals surface area contributed by atoms with Crippen molar-refractivity contribution < 1.29 is 9.84 Å². The Morgan fingerprint density at radius 1 is 1.53 bits per heavy atom. The maximum atomic E-state index is 10.0. The van der Waals surface area contributed by atoms with Gasteiger partial charge in [0.2, 0.25) is 0 Å². The predicted octanol–water partition coefficient (Wildman–Crippen LogP) is 2.24. The SMILES string of the molecule is COc1ccc(C2CCNC2)c(O)c1Br. The van der Waals surface area contributed by atoms with Crippen LogP contribution >= 0.6 is 15.9 Å². The molecule has 0 amide bonds. The Hall–Kier alpha value is -0.740. The van der Waals surface area contributed by atoms with Crippen LogP contribution in [-0.4, -0.2) is 25.3 Å². The molecule has 2 rings (SSSR count). The minimum absolute atomic E-state index is 0.308. The zero-order valence-corrected chi connectivity index (χ0v) is 10.2. The molecule has 2 N–H and O–H groups in total. The van der Waals surface area contributed by atoms with Gasteiger partial charge in [0.25, 0.3) is 0 Å². The monoisotopic (exact) mass is 271 g/mol. The highest BCUT2D eigenvalue weighted by Gasteiger charge is 2.22. The molecule has 1 saturated heterocycles. The highest BCUT2D eigenvalue weighted by molar-refractivity contribution is 9.10. The van der Waals surface area contributed by atoms with Gasteiger partial charge in [0.05, 0.1) is 7.11 Å². The quantitative estimate of drug-likeness (QED) is 0.867. The molecule has 1 fully saturated rings. The maximum Gasteiger partial charge on any atom is 0.137 e. The van der Waals surface area contributed by atoms with Gasteiger partial charge in [-0.05, 0) is 40.5 Å².